The first-order valence-corrected chi connectivity index (χ1v) is 3.32. The topological polar surface area (TPSA) is 67.0 Å². The Morgan fingerprint density at radius 2 is 2.55 bits per heavy atom. The number of fused-ring (bicyclic) bond motifs is 1. The average molecular weight is 153 g/mol. The van der Waals surface area contributed by atoms with E-state index in [9.17, 15) is 4.79 Å². The highest BCUT2D eigenvalue weighted by Crippen LogP contribution is 2.19. The number of hydrogen-bond acceptors (Lipinski definition) is 4. The molecular formula is C6H7N3O2. The summed E-state index contributed by atoms with van der Waals surface area (Å²) in [5.41, 5.74) is 0.384. The summed E-state index contributed by atoms with van der Waals surface area (Å²) in [6.07, 6.45) is 1.54. The molecule has 0 atom stereocenters. The summed E-state index contributed by atoms with van der Waals surface area (Å²) in [4.78, 5) is 11.0. The van der Waals surface area contributed by atoms with Gasteiger partial charge in [-0.25, -0.2) is 5.10 Å². The standard InChI is InChI=1S/C6H7N3O2/c10-6-5-4(3-8-9-6)7-1-2-11-5/h3,7H,1-2H2,(H,9,10). The van der Waals surface area contributed by atoms with Crippen molar-refractivity contribution in [3.05, 3.63) is 16.6 Å². The molecule has 0 fully saturated rings. The summed E-state index contributed by atoms with van der Waals surface area (Å²) in [5, 5.41) is 8.90. The second kappa shape index (κ2) is 2.26. The Morgan fingerprint density at radius 3 is 3.36 bits per heavy atom. The number of nitrogens with one attached hydrogen (secondary N) is 2. The van der Waals surface area contributed by atoms with Crippen LogP contribution in [0.1, 0.15) is 0 Å². The zero-order chi connectivity index (χ0) is 7.68. The largest absolute Gasteiger partial charge is 0.484 e. The van der Waals surface area contributed by atoms with E-state index in [1.54, 1.807) is 0 Å². The van der Waals surface area contributed by atoms with E-state index >= 15 is 0 Å². The van der Waals surface area contributed by atoms with Crippen LogP contribution in [0.2, 0.25) is 0 Å². The Hall–Kier alpha value is -1.52. The second-order valence-corrected chi connectivity index (χ2v) is 2.22. The van der Waals surface area contributed by atoms with E-state index in [2.05, 4.69) is 15.5 Å². The van der Waals surface area contributed by atoms with Crippen molar-refractivity contribution in [3.63, 3.8) is 0 Å². The van der Waals surface area contributed by atoms with E-state index < -0.39 is 0 Å². The number of nitrogens with zero attached hydrogens (tertiary/aromatic N) is 1. The summed E-state index contributed by atoms with van der Waals surface area (Å²) < 4.78 is 5.11. The van der Waals surface area contributed by atoms with Crippen molar-refractivity contribution in [2.45, 2.75) is 0 Å². The lowest BCUT2D eigenvalue weighted by atomic mass is 10.4. The van der Waals surface area contributed by atoms with Crippen molar-refractivity contribution in [1.82, 2.24) is 10.2 Å². The lowest BCUT2D eigenvalue weighted by Crippen LogP contribution is -2.24. The molecule has 5 nitrogen and oxygen atoms in total. The van der Waals surface area contributed by atoms with Crippen molar-refractivity contribution in [1.29, 1.82) is 0 Å². The molecule has 0 saturated carbocycles. The molecule has 1 aliphatic rings. The van der Waals surface area contributed by atoms with Crippen LogP contribution in [0.3, 0.4) is 0 Å². The highest BCUT2D eigenvalue weighted by atomic mass is 16.5. The van der Waals surface area contributed by atoms with Gasteiger partial charge in [-0.15, -0.1) is 0 Å². The van der Waals surface area contributed by atoms with Gasteiger partial charge in [-0.3, -0.25) is 4.79 Å². The Labute approximate surface area is 62.4 Å². The fourth-order valence-electron chi connectivity index (χ4n) is 0.995. The molecule has 5 heteroatoms. The fraction of sp³-hybridized carbons (Fsp3) is 0.333. The maximum absolute atomic E-state index is 11.0. The summed E-state index contributed by atoms with van der Waals surface area (Å²) in [6.45, 7) is 1.25. The summed E-state index contributed by atoms with van der Waals surface area (Å²) in [7, 11) is 0. The third kappa shape index (κ3) is 0.938. The van der Waals surface area contributed by atoms with Gasteiger partial charge in [0.25, 0.3) is 0 Å². The van der Waals surface area contributed by atoms with Crippen LogP contribution in [0.5, 0.6) is 5.75 Å². The molecule has 0 spiro atoms. The molecule has 2 rings (SSSR count). The molecule has 0 amide bonds. The highest BCUT2D eigenvalue weighted by Gasteiger charge is 2.12. The second-order valence-electron chi connectivity index (χ2n) is 2.22. The zero-order valence-electron chi connectivity index (χ0n) is 5.76. The summed E-state index contributed by atoms with van der Waals surface area (Å²) in [6, 6.07) is 0. The molecule has 0 aliphatic carbocycles. The van der Waals surface area contributed by atoms with Gasteiger partial charge >= 0.3 is 5.56 Å². The van der Waals surface area contributed by atoms with Crippen LogP contribution in [0.15, 0.2) is 11.0 Å². The molecule has 2 N–H and O–H groups in total. The zero-order valence-corrected chi connectivity index (χ0v) is 5.76. The van der Waals surface area contributed by atoms with E-state index in [1.807, 2.05) is 0 Å². The molecule has 11 heavy (non-hydrogen) atoms. The minimum absolute atomic E-state index is 0.283. The first-order chi connectivity index (χ1) is 5.38. The Morgan fingerprint density at radius 1 is 1.64 bits per heavy atom. The maximum atomic E-state index is 11.0. The average Bonchev–Trinajstić information content (AvgIpc) is 2.06. The minimum Gasteiger partial charge on any atom is -0.484 e. The van der Waals surface area contributed by atoms with Gasteiger partial charge in [-0.1, -0.05) is 0 Å². The molecule has 1 aliphatic heterocycles. The number of ether oxygens (including phenoxy) is 1. The minimum atomic E-state index is -0.283. The lowest BCUT2D eigenvalue weighted by Gasteiger charge is -2.16. The summed E-state index contributed by atoms with van der Waals surface area (Å²) >= 11 is 0. The number of aromatic nitrogens is 2. The van der Waals surface area contributed by atoms with E-state index in [1.165, 1.54) is 6.20 Å². The van der Waals surface area contributed by atoms with Crippen LogP contribution in [0.25, 0.3) is 0 Å². The van der Waals surface area contributed by atoms with Crippen molar-refractivity contribution in [2.75, 3.05) is 18.5 Å². The molecular weight excluding hydrogens is 146 g/mol. The predicted molar refractivity (Wildman–Crippen MR) is 38.8 cm³/mol. The van der Waals surface area contributed by atoms with Crippen LogP contribution >= 0.6 is 0 Å². The Balaban J connectivity index is 2.58. The first-order valence-electron chi connectivity index (χ1n) is 3.32. The van der Waals surface area contributed by atoms with Crippen LogP contribution in [0, 0.1) is 0 Å². The molecule has 0 radical (unpaired) electrons. The van der Waals surface area contributed by atoms with Crippen LogP contribution in [0.4, 0.5) is 5.69 Å². The molecule has 1 aromatic rings. The fourth-order valence-corrected chi connectivity index (χ4v) is 0.995. The number of anilines is 1. The van der Waals surface area contributed by atoms with Gasteiger partial charge in [0.15, 0.2) is 0 Å². The smallest absolute Gasteiger partial charge is 0.308 e. The van der Waals surface area contributed by atoms with Gasteiger partial charge < -0.3 is 10.1 Å². The monoisotopic (exact) mass is 153 g/mol. The number of rotatable bonds is 0. The van der Waals surface area contributed by atoms with Crippen molar-refractivity contribution >= 4 is 5.69 Å². The molecule has 1 aromatic heterocycles. The maximum Gasteiger partial charge on any atom is 0.308 e. The SMILES string of the molecule is O=c1[nH]ncc2c1OCCN2. The molecule has 0 saturated heterocycles. The molecule has 0 aromatic carbocycles. The van der Waals surface area contributed by atoms with E-state index in [0.717, 1.165) is 6.54 Å². The van der Waals surface area contributed by atoms with Gasteiger partial charge in [0, 0.05) is 6.54 Å². The normalized spacial score (nSPS) is 14.5. The van der Waals surface area contributed by atoms with Crippen molar-refractivity contribution in [2.24, 2.45) is 0 Å². The quantitative estimate of drug-likeness (QED) is 0.531. The first kappa shape index (κ1) is 6.21. The van der Waals surface area contributed by atoms with Crippen molar-refractivity contribution in [3.8, 4) is 5.75 Å². The summed E-state index contributed by atoms with van der Waals surface area (Å²) in [5.74, 6) is 0.339. The van der Waals surface area contributed by atoms with Crippen LogP contribution < -0.4 is 15.6 Å². The molecule has 0 unspecified atom stereocenters. The van der Waals surface area contributed by atoms with Crippen molar-refractivity contribution < 1.29 is 4.74 Å². The van der Waals surface area contributed by atoms with E-state index in [0.29, 0.717) is 18.0 Å². The van der Waals surface area contributed by atoms with Gasteiger partial charge in [-0.2, -0.15) is 5.10 Å². The Kier molecular flexibility index (Phi) is 1.28. The van der Waals surface area contributed by atoms with Gasteiger partial charge in [-0.05, 0) is 0 Å². The van der Waals surface area contributed by atoms with Gasteiger partial charge in [0.05, 0.1) is 6.20 Å². The third-order valence-electron chi connectivity index (χ3n) is 1.47. The predicted octanol–water partition coefficient (Wildman–Crippen LogP) is -0.426. The third-order valence-corrected chi connectivity index (χ3v) is 1.47. The van der Waals surface area contributed by atoms with Gasteiger partial charge in [0.1, 0.15) is 12.3 Å². The number of hydrogen-bond donors (Lipinski definition) is 2. The molecule has 58 valence electrons. The Bertz CT molecular complexity index is 320. The van der Waals surface area contributed by atoms with Crippen LogP contribution in [-0.4, -0.2) is 23.3 Å². The van der Waals surface area contributed by atoms with E-state index in [4.69, 9.17) is 4.74 Å². The molecule has 2 heterocycles. The molecule has 0 bridgehead atoms. The van der Waals surface area contributed by atoms with E-state index in [-0.39, 0.29) is 5.56 Å². The van der Waals surface area contributed by atoms with Gasteiger partial charge in [0.2, 0.25) is 5.75 Å². The van der Waals surface area contributed by atoms with Crippen LogP contribution in [-0.2, 0) is 0 Å². The number of aromatic amines is 1. The lowest BCUT2D eigenvalue weighted by molar-refractivity contribution is 0.317. The number of H-pyrrole nitrogens is 1. The highest BCUT2D eigenvalue weighted by molar-refractivity contribution is 5.54.